The van der Waals surface area contributed by atoms with Gasteiger partial charge in [-0.25, -0.2) is 0 Å². The maximum atomic E-state index is 4.49. The van der Waals surface area contributed by atoms with E-state index in [1.54, 1.807) is 0 Å². The second-order valence-electron chi connectivity index (χ2n) is 5.25. The van der Waals surface area contributed by atoms with Crippen molar-refractivity contribution in [2.45, 2.75) is 33.1 Å². The first kappa shape index (κ1) is 12.2. The Morgan fingerprint density at radius 1 is 1.18 bits per heavy atom. The molecular formula is C15H22N2. The summed E-state index contributed by atoms with van der Waals surface area (Å²) in [6.45, 7) is 8.65. The first-order valence-electron chi connectivity index (χ1n) is 6.54. The zero-order chi connectivity index (χ0) is 12.3. The molecule has 0 bridgehead atoms. The minimum absolute atomic E-state index is 0.394. The minimum Gasteiger partial charge on any atom is -0.371 e. The lowest BCUT2D eigenvalue weighted by atomic mass is 9.96. The fourth-order valence-corrected chi connectivity index (χ4v) is 2.28. The van der Waals surface area contributed by atoms with Crippen LogP contribution in [0.4, 0.5) is 0 Å². The summed E-state index contributed by atoms with van der Waals surface area (Å²) in [7, 11) is 0. The van der Waals surface area contributed by atoms with Crippen molar-refractivity contribution in [3.8, 4) is 0 Å². The molecule has 2 rings (SSSR count). The maximum absolute atomic E-state index is 4.49. The van der Waals surface area contributed by atoms with Gasteiger partial charge in [0.05, 0.1) is 6.54 Å². The van der Waals surface area contributed by atoms with E-state index in [-0.39, 0.29) is 0 Å². The summed E-state index contributed by atoms with van der Waals surface area (Å²) in [6, 6.07) is 8.98. The number of nitrogens with one attached hydrogen (secondary N) is 1. The van der Waals surface area contributed by atoms with E-state index in [4.69, 9.17) is 0 Å². The summed E-state index contributed by atoms with van der Waals surface area (Å²) in [5, 5.41) is 3.35. The van der Waals surface area contributed by atoms with E-state index in [0.717, 1.165) is 31.3 Å². The van der Waals surface area contributed by atoms with Crippen molar-refractivity contribution in [1.29, 1.82) is 0 Å². The van der Waals surface area contributed by atoms with Crippen LogP contribution in [0.15, 0.2) is 29.3 Å². The van der Waals surface area contributed by atoms with Gasteiger partial charge in [0.25, 0.3) is 0 Å². The number of aliphatic imine (C=N–C) groups is 1. The number of hydrogen-bond donors (Lipinski definition) is 1. The van der Waals surface area contributed by atoms with Gasteiger partial charge in [-0.05, 0) is 23.5 Å². The standard InChI is InChI=1S/C15H22N2/c1-11(2)10-13-4-6-14(7-5-13)12(3)15-16-8-9-17-15/h4-7,11-12H,8-10H2,1-3H3,(H,16,17)/t12-/m0/s1. The lowest BCUT2D eigenvalue weighted by Crippen LogP contribution is -2.23. The van der Waals surface area contributed by atoms with Crippen LogP contribution in [0.25, 0.3) is 0 Å². The van der Waals surface area contributed by atoms with Crippen molar-refractivity contribution in [3.05, 3.63) is 35.4 Å². The Hall–Kier alpha value is -1.31. The van der Waals surface area contributed by atoms with Gasteiger partial charge < -0.3 is 5.32 Å². The Morgan fingerprint density at radius 3 is 2.41 bits per heavy atom. The van der Waals surface area contributed by atoms with Gasteiger partial charge in [-0.2, -0.15) is 0 Å². The molecule has 0 amide bonds. The van der Waals surface area contributed by atoms with E-state index in [2.05, 4.69) is 55.3 Å². The highest BCUT2D eigenvalue weighted by Crippen LogP contribution is 2.19. The smallest absolute Gasteiger partial charge is 0.104 e. The van der Waals surface area contributed by atoms with Gasteiger partial charge in [-0.15, -0.1) is 0 Å². The van der Waals surface area contributed by atoms with Gasteiger partial charge in [0, 0.05) is 12.5 Å². The first-order valence-corrected chi connectivity index (χ1v) is 6.54. The van der Waals surface area contributed by atoms with E-state index in [1.165, 1.54) is 11.1 Å². The molecule has 0 saturated carbocycles. The van der Waals surface area contributed by atoms with Gasteiger partial charge in [0.2, 0.25) is 0 Å². The summed E-state index contributed by atoms with van der Waals surface area (Å²) in [5.41, 5.74) is 2.78. The van der Waals surface area contributed by atoms with E-state index >= 15 is 0 Å². The molecule has 0 aromatic heterocycles. The Labute approximate surface area is 104 Å². The van der Waals surface area contributed by atoms with Crippen LogP contribution in [0.2, 0.25) is 0 Å². The molecule has 1 N–H and O–H groups in total. The van der Waals surface area contributed by atoms with Gasteiger partial charge in [-0.3, -0.25) is 4.99 Å². The SMILES string of the molecule is CC(C)Cc1ccc([C@H](C)C2=NCCN2)cc1. The van der Waals surface area contributed by atoms with Gasteiger partial charge in [-0.1, -0.05) is 45.0 Å². The average Bonchev–Trinajstić information content (AvgIpc) is 2.82. The molecule has 1 atom stereocenters. The van der Waals surface area contributed by atoms with E-state index < -0.39 is 0 Å². The molecule has 1 aromatic carbocycles. The maximum Gasteiger partial charge on any atom is 0.104 e. The number of nitrogens with zero attached hydrogens (tertiary/aromatic N) is 1. The van der Waals surface area contributed by atoms with Crippen LogP contribution in [-0.2, 0) is 6.42 Å². The quantitative estimate of drug-likeness (QED) is 0.845. The lowest BCUT2D eigenvalue weighted by Gasteiger charge is -2.13. The van der Waals surface area contributed by atoms with Crippen LogP contribution in [0.1, 0.15) is 37.8 Å². The number of hydrogen-bond acceptors (Lipinski definition) is 2. The molecule has 2 heteroatoms. The molecule has 1 aliphatic rings. The highest BCUT2D eigenvalue weighted by molar-refractivity contribution is 5.89. The molecule has 1 aromatic rings. The van der Waals surface area contributed by atoms with Crippen molar-refractivity contribution in [3.63, 3.8) is 0 Å². The highest BCUT2D eigenvalue weighted by Gasteiger charge is 2.15. The summed E-state index contributed by atoms with van der Waals surface area (Å²) < 4.78 is 0. The van der Waals surface area contributed by atoms with Crippen molar-refractivity contribution in [2.24, 2.45) is 10.9 Å². The molecule has 2 nitrogen and oxygen atoms in total. The molecule has 0 spiro atoms. The molecule has 1 heterocycles. The van der Waals surface area contributed by atoms with Crippen molar-refractivity contribution in [1.82, 2.24) is 5.32 Å². The van der Waals surface area contributed by atoms with Gasteiger partial charge in [0.15, 0.2) is 0 Å². The van der Waals surface area contributed by atoms with Crippen LogP contribution in [0.3, 0.4) is 0 Å². The predicted octanol–water partition coefficient (Wildman–Crippen LogP) is 2.99. The summed E-state index contributed by atoms with van der Waals surface area (Å²) >= 11 is 0. The summed E-state index contributed by atoms with van der Waals surface area (Å²) in [6.07, 6.45) is 1.16. The van der Waals surface area contributed by atoms with Crippen LogP contribution in [0, 0.1) is 5.92 Å². The minimum atomic E-state index is 0.394. The molecule has 0 fully saturated rings. The van der Waals surface area contributed by atoms with E-state index in [1.807, 2.05) is 0 Å². The van der Waals surface area contributed by atoms with Crippen LogP contribution >= 0.6 is 0 Å². The fourth-order valence-electron chi connectivity index (χ4n) is 2.28. The zero-order valence-corrected chi connectivity index (χ0v) is 11.0. The summed E-state index contributed by atoms with van der Waals surface area (Å²) in [5.74, 6) is 2.26. The predicted molar refractivity (Wildman–Crippen MR) is 73.7 cm³/mol. The zero-order valence-electron chi connectivity index (χ0n) is 11.0. The van der Waals surface area contributed by atoms with Crippen LogP contribution in [0.5, 0.6) is 0 Å². The lowest BCUT2D eigenvalue weighted by molar-refractivity contribution is 0.647. The second kappa shape index (κ2) is 5.35. The van der Waals surface area contributed by atoms with Crippen LogP contribution < -0.4 is 5.32 Å². The number of amidine groups is 1. The molecular weight excluding hydrogens is 208 g/mol. The van der Waals surface area contributed by atoms with E-state index in [0.29, 0.717) is 5.92 Å². The molecule has 0 radical (unpaired) electrons. The third-order valence-corrected chi connectivity index (χ3v) is 3.23. The number of rotatable bonds is 4. The fraction of sp³-hybridized carbons (Fsp3) is 0.533. The van der Waals surface area contributed by atoms with Crippen LogP contribution in [-0.4, -0.2) is 18.9 Å². The van der Waals surface area contributed by atoms with Gasteiger partial charge in [0.1, 0.15) is 5.84 Å². The molecule has 17 heavy (non-hydrogen) atoms. The Morgan fingerprint density at radius 2 is 1.88 bits per heavy atom. The Kier molecular flexibility index (Phi) is 3.82. The molecule has 0 aliphatic carbocycles. The largest absolute Gasteiger partial charge is 0.371 e. The second-order valence-corrected chi connectivity index (χ2v) is 5.25. The average molecular weight is 230 g/mol. The first-order chi connectivity index (χ1) is 8.16. The third kappa shape index (κ3) is 3.09. The van der Waals surface area contributed by atoms with Crippen molar-refractivity contribution < 1.29 is 0 Å². The van der Waals surface area contributed by atoms with Crippen molar-refractivity contribution >= 4 is 5.84 Å². The molecule has 0 unspecified atom stereocenters. The monoisotopic (exact) mass is 230 g/mol. The van der Waals surface area contributed by atoms with Gasteiger partial charge >= 0.3 is 0 Å². The topological polar surface area (TPSA) is 24.4 Å². The third-order valence-electron chi connectivity index (χ3n) is 3.23. The van der Waals surface area contributed by atoms with E-state index in [9.17, 15) is 0 Å². The molecule has 0 saturated heterocycles. The Bertz CT molecular complexity index is 390. The normalized spacial score (nSPS) is 16.8. The molecule has 92 valence electrons. The molecule has 1 aliphatic heterocycles. The Balaban J connectivity index is 2.06. The summed E-state index contributed by atoms with van der Waals surface area (Å²) in [4.78, 5) is 4.49. The number of benzene rings is 1. The highest BCUT2D eigenvalue weighted by atomic mass is 15.1. The van der Waals surface area contributed by atoms with Crippen molar-refractivity contribution in [2.75, 3.05) is 13.1 Å².